The summed E-state index contributed by atoms with van der Waals surface area (Å²) < 4.78 is 27.3. The summed E-state index contributed by atoms with van der Waals surface area (Å²) in [6.07, 6.45) is 0. The number of ether oxygens (including phenoxy) is 1. The minimum atomic E-state index is -2.93. The molecule has 0 radical (unpaired) electrons. The highest BCUT2D eigenvalue weighted by atomic mass is 28.4. The van der Waals surface area contributed by atoms with E-state index >= 15 is 0 Å². The van der Waals surface area contributed by atoms with Crippen molar-refractivity contribution < 1.29 is 22.4 Å². The van der Waals surface area contributed by atoms with Crippen molar-refractivity contribution in [2.45, 2.75) is 27.7 Å². The molecule has 0 aliphatic rings. The lowest BCUT2D eigenvalue weighted by Crippen LogP contribution is -2.49. The fraction of sp³-hybridized carbons (Fsp3) is 1.00. The zero-order valence-electron chi connectivity index (χ0n) is 10.8. The van der Waals surface area contributed by atoms with Gasteiger partial charge in [-0.05, 0) is 27.7 Å². The maximum atomic E-state index is 5.60. The monoisotopic (exact) mass is 252 g/mol. The van der Waals surface area contributed by atoms with Crippen molar-refractivity contribution >= 4 is 9.05 Å². The molecule has 0 aromatic carbocycles. The van der Waals surface area contributed by atoms with Gasteiger partial charge < -0.3 is 22.4 Å². The molecular weight excluding hydrogens is 228 g/mol. The van der Waals surface area contributed by atoms with Crippen LogP contribution in [-0.2, 0) is 22.4 Å². The Bertz CT molecular complexity index is 139. The third-order valence-electron chi connectivity index (χ3n) is 1.67. The van der Waals surface area contributed by atoms with Gasteiger partial charge in [-0.2, -0.15) is 0 Å². The lowest BCUT2D eigenvalue weighted by Gasteiger charge is -2.26. The summed E-state index contributed by atoms with van der Waals surface area (Å²) in [6.45, 7) is 10.8. The Morgan fingerprint density at radius 2 is 1.12 bits per heavy atom. The van der Waals surface area contributed by atoms with Crippen LogP contribution in [0.4, 0.5) is 0 Å². The molecule has 0 aliphatic heterocycles. The summed E-state index contributed by atoms with van der Waals surface area (Å²) in [4.78, 5) is 0. The third kappa shape index (κ3) is 6.57. The van der Waals surface area contributed by atoms with Gasteiger partial charge >= 0.3 is 9.05 Å². The van der Waals surface area contributed by atoms with E-state index < -0.39 is 9.05 Å². The predicted octanol–water partition coefficient (Wildman–Crippen LogP) is 1.58. The SMILES string of the molecule is CCOCCO[Si](OCC)(OCC)OCC. The van der Waals surface area contributed by atoms with Gasteiger partial charge in [0.05, 0.1) is 13.2 Å². The average Bonchev–Trinajstić information content (AvgIpc) is 2.26. The summed E-state index contributed by atoms with van der Waals surface area (Å²) in [5.74, 6) is 0. The highest BCUT2D eigenvalue weighted by Gasteiger charge is 2.44. The van der Waals surface area contributed by atoms with Crippen LogP contribution in [0.15, 0.2) is 0 Å². The second-order valence-corrected chi connectivity index (χ2v) is 5.00. The van der Waals surface area contributed by atoms with Gasteiger partial charge in [0, 0.05) is 26.4 Å². The molecule has 0 atom stereocenters. The predicted molar refractivity (Wildman–Crippen MR) is 63.1 cm³/mol. The fourth-order valence-electron chi connectivity index (χ4n) is 1.15. The van der Waals surface area contributed by atoms with Gasteiger partial charge in [0.25, 0.3) is 0 Å². The van der Waals surface area contributed by atoms with Gasteiger partial charge in [-0.15, -0.1) is 0 Å². The van der Waals surface area contributed by atoms with Crippen molar-refractivity contribution in [2.24, 2.45) is 0 Å². The molecule has 0 spiro atoms. The number of hydrogen-bond acceptors (Lipinski definition) is 5. The maximum Gasteiger partial charge on any atom is 0.679 e. The van der Waals surface area contributed by atoms with Gasteiger partial charge in [0.1, 0.15) is 0 Å². The van der Waals surface area contributed by atoms with Gasteiger partial charge in [-0.1, -0.05) is 0 Å². The lowest BCUT2D eigenvalue weighted by molar-refractivity contribution is -0.0385. The number of hydrogen-bond donors (Lipinski definition) is 0. The fourth-order valence-corrected chi connectivity index (χ4v) is 3.04. The van der Waals surface area contributed by atoms with Gasteiger partial charge in [0.2, 0.25) is 0 Å². The molecular formula is C10H24O5Si. The smallest absolute Gasteiger partial charge is 0.379 e. The quantitative estimate of drug-likeness (QED) is 0.413. The van der Waals surface area contributed by atoms with Crippen LogP contribution >= 0.6 is 0 Å². The molecule has 0 aromatic heterocycles. The largest absolute Gasteiger partial charge is 0.679 e. The summed E-state index contributed by atoms with van der Waals surface area (Å²) in [7, 11) is -2.93. The number of rotatable bonds is 11. The molecule has 0 unspecified atom stereocenters. The Hall–Kier alpha value is 0.0169. The molecule has 16 heavy (non-hydrogen) atoms. The standard InChI is InChI=1S/C10H24O5Si/c1-5-11-9-10-15-16(12-6-2,13-7-3)14-8-4/h5-10H2,1-4H3. The Labute approximate surface area is 99.5 Å². The average molecular weight is 252 g/mol. The molecule has 0 N–H and O–H groups in total. The summed E-state index contributed by atoms with van der Waals surface area (Å²) in [5.41, 5.74) is 0. The maximum absolute atomic E-state index is 5.60. The second-order valence-electron chi connectivity index (χ2n) is 2.84. The molecule has 0 rings (SSSR count). The molecule has 0 heterocycles. The molecule has 0 fully saturated rings. The molecule has 0 aliphatic carbocycles. The molecule has 6 heteroatoms. The molecule has 0 saturated carbocycles. The topological polar surface area (TPSA) is 46.2 Å². The lowest BCUT2D eigenvalue weighted by atomic mass is 10.8. The van der Waals surface area contributed by atoms with Crippen LogP contribution in [0, 0.1) is 0 Å². The normalized spacial score (nSPS) is 12.0. The molecule has 0 aromatic rings. The zero-order valence-corrected chi connectivity index (χ0v) is 11.8. The first-order valence-electron chi connectivity index (χ1n) is 5.88. The Morgan fingerprint density at radius 1 is 0.625 bits per heavy atom. The Morgan fingerprint density at radius 3 is 1.50 bits per heavy atom. The first-order valence-corrected chi connectivity index (χ1v) is 7.51. The van der Waals surface area contributed by atoms with E-state index in [2.05, 4.69) is 0 Å². The van der Waals surface area contributed by atoms with E-state index in [9.17, 15) is 0 Å². The zero-order chi connectivity index (χ0) is 12.3. The molecule has 0 saturated heterocycles. The van der Waals surface area contributed by atoms with E-state index in [0.717, 1.165) is 0 Å². The van der Waals surface area contributed by atoms with Crippen LogP contribution in [0.3, 0.4) is 0 Å². The van der Waals surface area contributed by atoms with Crippen molar-refractivity contribution in [2.75, 3.05) is 39.6 Å². The van der Waals surface area contributed by atoms with Crippen molar-refractivity contribution in [3.63, 3.8) is 0 Å². The van der Waals surface area contributed by atoms with E-state index in [1.807, 2.05) is 27.7 Å². The van der Waals surface area contributed by atoms with Gasteiger partial charge in [0.15, 0.2) is 0 Å². The Balaban J connectivity index is 4.12. The second kappa shape index (κ2) is 10.2. The van der Waals surface area contributed by atoms with Crippen molar-refractivity contribution in [3.8, 4) is 0 Å². The van der Waals surface area contributed by atoms with Crippen LogP contribution in [0.25, 0.3) is 0 Å². The van der Waals surface area contributed by atoms with Crippen LogP contribution in [0.1, 0.15) is 27.7 Å². The van der Waals surface area contributed by atoms with E-state index in [0.29, 0.717) is 39.6 Å². The molecule has 98 valence electrons. The van der Waals surface area contributed by atoms with Crippen LogP contribution in [-0.4, -0.2) is 48.7 Å². The van der Waals surface area contributed by atoms with Crippen molar-refractivity contribution in [3.05, 3.63) is 0 Å². The highest BCUT2D eigenvalue weighted by molar-refractivity contribution is 6.53. The summed E-state index contributed by atoms with van der Waals surface area (Å²) >= 11 is 0. The van der Waals surface area contributed by atoms with E-state index in [-0.39, 0.29) is 0 Å². The van der Waals surface area contributed by atoms with Crippen molar-refractivity contribution in [1.82, 2.24) is 0 Å². The summed E-state index contributed by atoms with van der Waals surface area (Å²) in [6, 6.07) is 0. The Kier molecular flexibility index (Phi) is 10.2. The molecule has 5 nitrogen and oxygen atoms in total. The minimum absolute atomic E-state index is 0.431. The van der Waals surface area contributed by atoms with E-state index in [1.165, 1.54) is 0 Å². The van der Waals surface area contributed by atoms with Crippen LogP contribution < -0.4 is 0 Å². The van der Waals surface area contributed by atoms with Crippen molar-refractivity contribution in [1.29, 1.82) is 0 Å². The first-order chi connectivity index (χ1) is 7.74. The third-order valence-corrected chi connectivity index (χ3v) is 4.16. The molecule has 0 amide bonds. The van der Waals surface area contributed by atoms with E-state index in [4.69, 9.17) is 22.4 Å². The summed E-state index contributed by atoms with van der Waals surface area (Å²) in [5, 5.41) is 0. The highest BCUT2D eigenvalue weighted by Crippen LogP contribution is 2.11. The van der Waals surface area contributed by atoms with Gasteiger partial charge in [-0.25, -0.2) is 0 Å². The first kappa shape index (κ1) is 16.0. The molecule has 0 bridgehead atoms. The van der Waals surface area contributed by atoms with E-state index in [1.54, 1.807) is 0 Å². The van der Waals surface area contributed by atoms with Gasteiger partial charge in [-0.3, -0.25) is 0 Å². The minimum Gasteiger partial charge on any atom is -0.379 e. The van der Waals surface area contributed by atoms with Crippen LogP contribution in [0.5, 0.6) is 0 Å². The van der Waals surface area contributed by atoms with Crippen LogP contribution in [0.2, 0.25) is 0 Å².